The summed E-state index contributed by atoms with van der Waals surface area (Å²) in [6, 6.07) is 6.57. The van der Waals surface area contributed by atoms with Gasteiger partial charge in [-0.05, 0) is 66.8 Å². The molecular weight excluding hydrogens is 517 g/mol. The van der Waals surface area contributed by atoms with Gasteiger partial charge in [0, 0.05) is 19.6 Å². The molecular formula is C26H25F7N4O. The second-order valence-electron chi connectivity index (χ2n) is 10.4. The summed E-state index contributed by atoms with van der Waals surface area (Å²) in [6.45, 7) is 0.975. The topological polar surface area (TPSA) is 61.0 Å². The predicted molar refractivity (Wildman–Crippen MR) is 124 cm³/mol. The van der Waals surface area contributed by atoms with Gasteiger partial charge >= 0.3 is 12.4 Å². The molecule has 1 aromatic heterocycles. The van der Waals surface area contributed by atoms with Gasteiger partial charge in [-0.15, -0.1) is 0 Å². The fraction of sp³-hybridized carbons (Fsp3) is 0.462. The maximum absolute atomic E-state index is 13.9. The summed E-state index contributed by atoms with van der Waals surface area (Å²) in [6.07, 6.45) is -6.85. The molecule has 1 unspecified atom stereocenters. The fourth-order valence-corrected chi connectivity index (χ4v) is 5.29. The Labute approximate surface area is 213 Å². The Balaban J connectivity index is 1.31. The van der Waals surface area contributed by atoms with Crippen molar-refractivity contribution in [3.8, 4) is 0 Å². The zero-order chi connectivity index (χ0) is 27.3. The Kier molecular flexibility index (Phi) is 6.65. The second-order valence-corrected chi connectivity index (χ2v) is 10.4. The molecule has 2 aromatic carbocycles. The molecule has 38 heavy (non-hydrogen) atoms. The van der Waals surface area contributed by atoms with Crippen LogP contribution in [0.15, 0.2) is 36.4 Å². The number of likely N-dealkylation sites (tertiary alicyclic amines) is 1. The van der Waals surface area contributed by atoms with E-state index in [0.29, 0.717) is 61.4 Å². The number of carbonyl (C=O) groups excluding carboxylic acids is 1. The number of rotatable bonds is 7. The van der Waals surface area contributed by atoms with E-state index in [2.05, 4.69) is 20.4 Å². The van der Waals surface area contributed by atoms with E-state index >= 15 is 0 Å². The molecule has 0 radical (unpaired) electrons. The Hall–Kier alpha value is -3.15. The molecule has 1 atom stereocenters. The number of nitrogens with one attached hydrogen (secondary N) is 2. The lowest BCUT2D eigenvalue weighted by Gasteiger charge is -2.29. The Morgan fingerprint density at radius 3 is 2.34 bits per heavy atom. The molecule has 2 N–H and O–H groups in total. The molecule has 5 rings (SSSR count). The van der Waals surface area contributed by atoms with Crippen LogP contribution >= 0.6 is 0 Å². The van der Waals surface area contributed by atoms with Crippen LogP contribution in [0.4, 0.5) is 30.7 Å². The third kappa shape index (κ3) is 5.64. The number of aromatic nitrogens is 2. The van der Waals surface area contributed by atoms with Crippen molar-refractivity contribution in [3.05, 3.63) is 64.6 Å². The molecule has 3 aromatic rings. The van der Waals surface area contributed by atoms with E-state index in [-0.39, 0.29) is 17.5 Å². The van der Waals surface area contributed by atoms with Crippen molar-refractivity contribution in [3.63, 3.8) is 0 Å². The van der Waals surface area contributed by atoms with Gasteiger partial charge in [0.2, 0.25) is 11.9 Å². The van der Waals surface area contributed by atoms with Crippen molar-refractivity contribution in [2.45, 2.75) is 51.1 Å². The highest BCUT2D eigenvalue weighted by Crippen LogP contribution is 2.46. The summed E-state index contributed by atoms with van der Waals surface area (Å²) in [5.41, 5.74) is -2.57. The number of H-pyrrole nitrogens is 1. The zero-order valence-corrected chi connectivity index (χ0v) is 20.1. The van der Waals surface area contributed by atoms with Crippen LogP contribution in [0, 0.1) is 17.3 Å². The van der Waals surface area contributed by atoms with Gasteiger partial charge in [0.1, 0.15) is 0 Å². The number of benzene rings is 2. The minimum atomic E-state index is -4.96. The van der Waals surface area contributed by atoms with Crippen LogP contribution in [0.2, 0.25) is 0 Å². The first-order chi connectivity index (χ1) is 17.8. The molecule has 2 fully saturated rings. The van der Waals surface area contributed by atoms with Crippen molar-refractivity contribution >= 4 is 16.8 Å². The zero-order valence-electron chi connectivity index (χ0n) is 20.1. The summed E-state index contributed by atoms with van der Waals surface area (Å²) < 4.78 is 93.2. The van der Waals surface area contributed by atoms with Crippen LogP contribution in [-0.2, 0) is 30.2 Å². The van der Waals surface area contributed by atoms with Gasteiger partial charge in [-0.2, -0.15) is 35.8 Å². The lowest BCUT2D eigenvalue weighted by atomic mass is 9.80. The monoisotopic (exact) mass is 542 g/mol. The molecule has 1 aliphatic carbocycles. The molecule has 0 bridgehead atoms. The number of carbonyl (C=O) groups is 1. The quantitative estimate of drug-likeness (QED) is 0.358. The molecule has 2 aliphatic rings. The first kappa shape index (κ1) is 26.5. The highest BCUT2D eigenvalue weighted by molar-refractivity contribution is 5.83. The number of aromatic amines is 1. The fourth-order valence-electron chi connectivity index (χ4n) is 5.29. The van der Waals surface area contributed by atoms with Gasteiger partial charge < -0.3 is 5.32 Å². The largest absolute Gasteiger partial charge is 0.416 e. The van der Waals surface area contributed by atoms with Gasteiger partial charge in [0.25, 0.3) is 0 Å². The minimum Gasteiger partial charge on any atom is -0.352 e. The van der Waals surface area contributed by atoms with E-state index in [4.69, 9.17) is 0 Å². The Morgan fingerprint density at radius 1 is 1.03 bits per heavy atom. The maximum Gasteiger partial charge on any atom is 0.416 e. The number of alkyl halides is 6. The van der Waals surface area contributed by atoms with Gasteiger partial charge in [0.15, 0.2) is 0 Å². The average Bonchev–Trinajstić information content (AvgIpc) is 3.45. The number of fused-ring (bicyclic) bond motifs is 1. The third-order valence-corrected chi connectivity index (χ3v) is 7.37. The molecule has 12 heteroatoms. The first-order valence-electron chi connectivity index (χ1n) is 12.2. The smallest absolute Gasteiger partial charge is 0.352 e. The van der Waals surface area contributed by atoms with E-state index in [1.165, 1.54) is 0 Å². The van der Waals surface area contributed by atoms with Crippen LogP contribution in [-0.4, -0.2) is 34.1 Å². The Bertz CT molecular complexity index is 1310. The predicted octanol–water partition coefficient (Wildman–Crippen LogP) is 6.05. The van der Waals surface area contributed by atoms with Crippen molar-refractivity contribution < 1.29 is 35.5 Å². The molecule has 204 valence electrons. The van der Waals surface area contributed by atoms with Crippen LogP contribution in [0.3, 0.4) is 0 Å². The summed E-state index contributed by atoms with van der Waals surface area (Å²) >= 11 is 0. The Morgan fingerprint density at radius 2 is 1.71 bits per heavy atom. The SMILES string of the molecule is O=C(NCc1cc(C(F)(F)F)cc(C(F)(F)F)c1)C1(CC2CC2)CCN(Cc2ccc3n[nH]c(F)c3c2)C1. The number of hydrogen-bond acceptors (Lipinski definition) is 3. The minimum absolute atomic E-state index is 0.0709. The molecule has 1 saturated heterocycles. The first-order valence-corrected chi connectivity index (χ1v) is 12.2. The molecule has 1 amide bonds. The van der Waals surface area contributed by atoms with Gasteiger partial charge in [-0.25, -0.2) is 0 Å². The van der Waals surface area contributed by atoms with Crippen LogP contribution < -0.4 is 5.32 Å². The van der Waals surface area contributed by atoms with Crippen molar-refractivity contribution in [1.29, 1.82) is 0 Å². The highest BCUT2D eigenvalue weighted by atomic mass is 19.4. The molecule has 0 spiro atoms. The summed E-state index contributed by atoms with van der Waals surface area (Å²) in [4.78, 5) is 15.5. The van der Waals surface area contributed by atoms with E-state index < -0.39 is 41.4 Å². The van der Waals surface area contributed by atoms with Gasteiger partial charge in [-0.3, -0.25) is 14.8 Å². The molecule has 1 saturated carbocycles. The normalized spacial score (nSPS) is 20.8. The number of halogens is 7. The lowest BCUT2D eigenvalue weighted by Crippen LogP contribution is -2.43. The van der Waals surface area contributed by atoms with Crippen molar-refractivity contribution in [2.24, 2.45) is 11.3 Å². The summed E-state index contributed by atoms with van der Waals surface area (Å²) in [7, 11) is 0. The number of amides is 1. The van der Waals surface area contributed by atoms with Crippen LogP contribution in [0.5, 0.6) is 0 Å². The van der Waals surface area contributed by atoms with Crippen LogP contribution in [0.25, 0.3) is 10.9 Å². The summed E-state index contributed by atoms with van der Waals surface area (Å²) in [5.74, 6) is -0.550. The molecule has 5 nitrogen and oxygen atoms in total. The lowest BCUT2D eigenvalue weighted by molar-refractivity contribution is -0.143. The van der Waals surface area contributed by atoms with Crippen molar-refractivity contribution in [2.75, 3.05) is 13.1 Å². The van der Waals surface area contributed by atoms with E-state index in [1.807, 2.05) is 6.07 Å². The average molecular weight is 542 g/mol. The molecule has 2 heterocycles. The van der Waals surface area contributed by atoms with E-state index in [1.54, 1.807) is 12.1 Å². The summed E-state index contributed by atoms with van der Waals surface area (Å²) in [5, 5.41) is 9.15. The number of hydrogen-bond donors (Lipinski definition) is 2. The third-order valence-electron chi connectivity index (χ3n) is 7.37. The number of nitrogens with zero attached hydrogens (tertiary/aromatic N) is 2. The van der Waals surface area contributed by atoms with E-state index in [9.17, 15) is 35.5 Å². The van der Waals surface area contributed by atoms with Gasteiger partial charge in [-0.1, -0.05) is 18.9 Å². The van der Waals surface area contributed by atoms with E-state index in [0.717, 1.165) is 18.4 Å². The second kappa shape index (κ2) is 9.55. The maximum atomic E-state index is 13.9. The highest BCUT2D eigenvalue weighted by Gasteiger charge is 2.47. The molecule has 1 aliphatic heterocycles. The van der Waals surface area contributed by atoms with Crippen LogP contribution in [0.1, 0.15) is 47.9 Å². The van der Waals surface area contributed by atoms with Gasteiger partial charge in [0.05, 0.1) is 27.4 Å². The standard InChI is InChI=1S/C26H25F7N4O/c27-22-20-9-16(3-4-21(20)35-36-22)13-37-6-5-24(14-37,11-15-1-2-15)23(38)34-12-17-7-18(25(28,29)30)10-19(8-17)26(31,32)33/h3-4,7-10,15H,1-2,5-6,11-14H2,(H,34,38)(H,35,36). The van der Waals surface area contributed by atoms with Crippen molar-refractivity contribution in [1.82, 2.24) is 20.4 Å².